The fourth-order valence-corrected chi connectivity index (χ4v) is 3.23. The fraction of sp³-hybridized carbons (Fsp3) is 0.267. The van der Waals surface area contributed by atoms with Crippen LogP contribution in [0.5, 0.6) is 0 Å². The first-order valence-corrected chi connectivity index (χ1v) is 7.44. The molecule has 0 bridgehead atoms. The Bertz CT molecular complexity index is 824. The number of benzene rings is 1. The number of halogens is 1. The van der Waals surface area contributed by atoms with Gasteiger partial charge in [0.2, 0.25) is 4.96 Å². The Morgan fingerprint density at radius 3 is 2.67 bits per heavy atom. The van der Waals surface area contributed by atoms with Crippen LogP contribution in [0.4, 0.5) is 4.39 Å². The number of nitriles is 1. The summed E-state index contributed by atoms with van der Waals surface area (Å²) in [5, 5.41) is 14.8. The number of fused-ring (bicyclic) bond motifs is 1. The van der Waals surface area contributed by atoms with Crippen LogP contribution in [0.1, 0.15) is 24.5 Å². The zero-order valence-electron chi connectivity index (χ0n) is 11.7. The topological polar surface area (TPSA) is 54.0 Å². The molecule has 106 valence electrons. The molecule has 0 saturated heterocycles. The number of hydrogen-bond acceptors (Lipinski definition) is 4. The number of rotatable bonds is 3. The molecule has 0 radical (unpaired) electrons. The SMILES string of the molecule is CC(C)Cc1nn2c(C#N)c(-c3ccc(F)cc3)nc2s1. The van der Waals surface area contributed by atoms with Gasteiger partial charge in [-0.1, -0.05) is 25.2 Å². The Kier molecular flexibility index (Phi) is 3.43. The minimum Gasteiger partial charge on any atom is -0.216 e. The maximum atomic E-state index is 13.0. The summed E-state index contributed by atoms with van der Waals surface area (Å²) in [5.41, 5.74) is 1.66. The van der Waals surface area contributed by atoms with Gasteiger partial charge in [0, 0.05) is 12.0 Å². The standard InChI is InChI=1S/C15H13FN4S/c1-9(2)7-13-19-20-12(8-17)14(18-15(20)21-13)10-3-5-11(16)6-4-10/h3-6,9H,7H2,1-2H3. The maximum Gasteiger partial charge on any atom is 0.214 e. The van der Waals surface area contributed by atoms with Gasteiger partial charge in [0.25, 0.3) is 0 Å². The molecule has 6 heteroatoms. The molecular formula is C15H13FN4S. The minimum atomic E-state index is -0.310. The minimum absolute atomic E-state index is 0.310. The molecule has 3 rings (SSSR count). The third-order valence-corrected chi connectivity index (χ3v) is 3.98. The smallest absolute Gasteiger partial charge is 0.214 e. The summed E-state index contributed by atoms with van der Waals surface area (Å²) in [6.45, 7) is 4.25. The monoisotopic (exact) mass is 300 g/mol. The predicted molar refractivity (Wildman–Crippen MR) is 79.5 cm³/mol. The quantitative estimate of drug-likeness (QED) is 0.741. The van der Waals surface area contributed by atoms with Crippen LogP contribution < -0.4 is 0 Å². The molecule has 21 heavy (non-hydrogen) atoms. The molecule has 0 atom stereocenters. The van der Waals surface area contributed by atoms with Crippen LogP contribution in [0.15, 0.2) is 24.3 Å². The largest absolute Gasteiger partial charge is 0.216 e. The first kappa shape index (κ1) is 13.7. The van der Waals surface area contributed by atoms with Gasteiger partial charge < -0.3 is 0 Å². The van der Waals surface area contributed by atoms with E-state index in [1.165, 1.54) is 23.5 Å². The van der Waals surface area contributed by atoms with Crippen LogP contribution in [-0.2, 0) is 6.42 Å². The molecule has 0 aliphatic carbocycles. The Labute approximate surface area is 125 Å². The second kappa shape index (κ2) is 5.26. The van der Waals surface area contributed by atoms with Gasteiger partial charge in [0.15, 0.2) is 5.69 Å². The highest BCUT2D eigenvalue weighted by Crippen LogP contribution is 2.27. The Morgan fingerprint density at radius 2 is 2.05 bits per heavy atom. The Hall–Kier alpha value is -2.26. The molecule has 0 fully saturated rings. The van der Waals surface area contributed by atoms with Gasteiger partial charge in [-0.05, 0) is 30.2 Å². The molecule has 0 unspecified atom stereocenters. The van der Waals surface area contributed by atoms with Crippen molar-refractivity contribution in [2.75, 3.05) is 0 Å². The lowest BCUT2D eigenvalue weighted by atomic mass is 10.1. The van der Waals surface area contributed by atoms with E-state index in [0.717, 1.165) is 17.0 Å². The van der Waals surface area contributed by atoms with Crippen molar-refractivity contribution in [1.82, 2.24) is 14.6 Å². The summed E-state index contributed by atoms with van der Waals surface area (Å²) in [7, 11) is 0. The summed E-state index contributed by atoms with van der Waals surface area (Å²) in [4.78, 5) is 5.18. The van der Waals surface area contributed by atoms with Gasteiger partial charge in [0.05, 0.1) is 0 Å². The highest BCUT2D eigenvalue weighted by molar-refractivity contribution is 7.16. The third kappa shape index (κ3) is 2.52. The Balaban J connectivity index is 2.10. The van der Waals surface area contributed by atoms with Crippen molar-refractivity contribution < 1.29 is 4.39 Å². The van der Waals surface area contributed by atoms with Crippen LogP contribution in [0, 0.1) is 23.1 Å². The fourth-order valence-electron chi connectivity index (χ4n) is 2.13. The van der Waals surface area contributed by atoms with E-state index in [-0.39, 0.29) is 5.82 Å². The van der Waals surface area contributed by atoms with Gasteiger partial charge in [-0.3, -0.25) is 0 Å². The average Bonchev–Trinajstić information content (AvgIpc) is 2.95. The highest BCUT2D eigenvalue weighted by Gasteiger charge is 2.18. The highest BCUT2D eigenvalue weighted by atomic mass is 32.1. The Morgan fingerprint density at radius 1 is 1.33 bits per heavy atom. The van der Waals surface area contributed by atoms with E-state index in [2.05, 4.69) is 30.0 Å². The van der Waals surface area contributed by atoms with Crippen LogP contribution in [0.25, 0.3) is 16.2 Å². The van der Waals surface area contributed by atoms with E-state index < -0.39 is 0 Å². The van der Waals surface area contributed by atoms with Crippen LogP contribution in [0.3, 0.4) is 0 Å². The second-order valence-corrected chi connectivity index (χ2v) is 6.26. The van der Waals surface area contributed by atoms with Crippen LogP contribution in [-0.4, -0.2) is 14.6 Å². The molecule has 0 N–H and O–H groups in total. The maximum absolute atomic E-state index is 13.0. The van der Waals surface area contributed by atoms with E-state index in [1.807, 2.05) is 0 Å². The van der Waals surface area contributed by atoms with E-state index in [4.69, 9.17) is 0 Å². The van der Waals surface area contributed by atoms with E-state index >= 15 is 0 Å². The molecule has 0 aliphatic rings. The van der Waals surface area contributed by atoms with Crippen LogP contribution >= 0.6 is 11.3 Å². The molecule has 0 spiro atoms. The van der Waals surface area contributed by atoms with E-state index in [0.29, 0.717) is 22.3 Å². The molecule has 0 aliphatic heterocycles. The summed E-state index contributed by atoms with van der Waals surface area (Å²) in [6.07, 6.45) is 0.866. The van der Waals surface area contributed by atoms with Crippen molar-refractivity contribution in [3.8, 4) is 17.3 Å². The third-order valence-electron chi connectivity index (χ3n) is 3.05. The van der Waals surface area contributed by atoms with Gasteiger partial charge in [-0.25, -0.2) is 9.37 Å². The molecule has 2 aromatic heterocycles. The van der Waals surface area contributed by atoms with Gasteiger partial charge in [-0.2, -0.15) is 14.9 Å². The molecular weight excluding hydrogens is 287 g/mol. The molecule has 1 aromatic carbocycles. The molecule has 2 heterocycles. The summed E-state index contributed by atoms with van der Waals surface area (Å²) < 4.78 is 14.6. The number of nitrogens with zero attached hydrogens (tertiary/aromatic N) is 4. The van der Waals surface area contributed by atoms with Crippen molar-refractivity contribution in [1.29, 1.82) is 5.26 Å². The van der Waals surface area contributed by atoms with Crippen molar-refractivity contribution in [3.05, 3.63) is 40.8 Å². The van der Waals surface area contributed by atoms with E-state index in [9.17, 15) is 9.65 Å². The molecule has 0 amide bonds. The molecule has 3 aromatic rings. The normalized spacial score (nSPS) is 11.2. The lowest BCUT2D eigenvalue weighted by molar-refractivity contribution is 0.628. The second-order valence-electron chi connectivity index (χ2n) is 5.22. The first-order chi connectivity index (χ1) is 10.1. The lowest BCUT2D eigenvalue weighted by Crippen LogP contribution is -1.96. The first-order valence-electron chi connectivity index (χ1n) is 6.63. The zero-order chi connectivity index (χ0) is 15.0. The van der Waals surface area contributed by atoms with Crippen molar-refractivity contribution in [3.63, 3.8) is 0 Å². The summed E-state index contributed by atoms with van der Waals surface area (Å²) in [5.74, 6) is 0.193. The molecule has 0 saturated carbocycles. The average molecular weight is 300 g/mol. The predicted octanol–water partition coefficient (Wildman–Crippen LogP) is 3.67. The lowest BCUT2D eigenvalue weighted by Gasteiger charge is -1.99. The van der Waals surface area contributed by atoms with Gasteiger partial charge in [0.1, 0.15) is 22.6 Å². The van der Waals surface area contributed by atoms with Crippen LogP contribution in [0.2, 0.25) is 0 Å². The van der Waals surface area contributed by atoms with Gasteiger partial charge >= 0.3 is 0 Å². The number of hydrogen-bond donors (Lipinski definition) is 0. The van der Waals surface area contributed by atoms with Crippen molar-refractivity contribution in [2.24, 2.45) is 5.92 Å². The summed E-state index contributed by atoms with van der Waals surface area (Å²) >= 11 is 1.49. The molecule has 4 nitrogen and oxygen atoms in total. The van der Waals surface area contributed by atoms with Gasteiger partial charge in [-0.15, -0.1) is 0 Å². The van der Waals surface area contributed by atoms with Crippen molar-refractivity contribution >= 4 is 16.3 Å². The number of aromatic nitrogens is 3. The van der Waals surface area contributed by atoms with E-state index in [1.54, 1.807) is 16.6 Å². The number of imidazole rings is 1. The summed E-state index contributed by atoms with van der Waals surface area (Å²) in [6, 6.07) is 8.12. The van der Waals surface area contributed by atoms with Crippen molar-refractivity contribution in [2.45, 2.75) is 20.3 Å². The zero-order valence-corrected chi connectivity index (χ0v) is 12.5.